The van der Waals surface area contributed by atoms with Crippen molar-refractivity contribution in [2.24, 2.45) is 0 Å². The van der Waals surface area contributed by atoms with Gasteiger partial charge in [0, 0.05) is 28.9 Å². The van der Waals surface area contributed by atoms with E-state index in [9.17, 15) is 4.79 Å². The highest BCUT2D eigenvalue weighted by Crippen LogP contribution is 2.36. The molecule has 0 spiro atoms. The van der Waals surface area contributed by atoms with Gasteiger partial charge in [-0.3, -0.25) is 9.78 Å². The van der Waals surface area contributed by atoms with Crippen LogP contribution in [-0.4, -0.2) is 28.2 Å². The average Bonchev–Trinajstić information content (AvgIpc) is 2.88. The highest BCUT2D eigenvalue weighted by molar-refractivity contribution is 7.99. The fourth-order valence-electron chi connectivity index (χ4n) is 3.76. The van der Waals surface area contributed by atoms with E-state index in [-0.39, 0.29) is 12.5 Å². The van der Waals surface area contributed by atoms with Crippen LogP contribution in [0.2, 0.25) is 0 Å². The lowest BCUT2D eigenvalue weighted by Gasteiger charge is -2.29. The second kappa shape index (κ2) is 9.93. The molecule has 170 valence electrons. The van der Waals surface area contributed by atoms with E-state index < -0.39 is 0 Å². The number of anilines is 3. The highest BCUT2D eigenvalue weighted by atomic mass is 32.2. The molecule has 0 fully saturated rings. The minimum Gasteiger partial charge on any atom is -0.482 e. The van der Waals surface area contributed by atoms with Gasteiger partial charge in [0.15, 0.2) is 12.3 Å². The van der Waals surface area contributed by atoms with E-state index in [1.165, 1.54) is 4.90 Å². The van der Waals surface area contributed by atoms with E-state index >= 15 is 0 Å². The molecule has 0 unspecified atom stereocenters. The van der Waals surface area contributed by atoms with Crippen molar-refractivity contribution in [1.29, 1.82) is 0 Å². The second-order valence-corrected chi connectivity index (χ2v) is 9.06. The quantitative estimate of drug-likeness (QED) is 0.393. The number of pyridine rings is 1. The van der Waals surface area contributed by atoms with Gasteiger partial charge in [-0.05, 0) is 59.8 Å². The number of carbonyl (C=O) groups excluding carboxylic acids is 1. The number of aromatic amines is 1. The molecule has 5 rings (SSSR count). The van der Waals surface area contributed by atoms with E-state index in [4.69, 9.17) is 9.72 Å². The summed E-state index contributed by atoms with van der Waals surface area (Å²) in [7, 11) is 0. The summed E-state index contributed by atoms with van der Waals surface area (Å²) in [6.07, 6.45) is 5.34. The Morgan fingerprint density at radius 3 is 2.82 bits per heavy atom. The molecule has 0 atom stereocenters. The third-order valence-electron chi connectivity index (χ3n) is 5.38. The monoisotopic (exact) mass is 470 g/mol. The van der Waals surface area contributed by atoms with Gasteiger partial charge in [0.25, 0.3) is 5.91 Å². The van der Waals surface area contributed by atoms with Crippen molar-refractivity contribution in [1.82, 2.24) is 9.97 Å². The predicted octanol–water partition coefficient (Wildman–Crippen LogP) is 4.74. The Morgan fingerprint density at radius 2 is 2.03 bits per heavy atom. The minimum atomic E-state index is -0.0881. The summed E-state index contributed by atoms with van der Waals surface area (Å²) in [5.74, 6) is 2.26. The van der Waals surface area contributed by atoms with Gasteiger partial charge in [0.05, 0.1) is 24.1 Å². The molecule has 0 saturated carbocycles. The van der Waals surface area contributed by atoms with E-state index in [1.807, 2.05) is 66.5 Å². The zero-order valence-corrected chi connectivity index (χ0v) is 19.5. The molecule has 1 amide bonds. The van der Waals surface area contributed by atoms with Gasteiger partial charge in [-0.1, -0.05) is 18.0 Å². The molecule has 0 aliphatic carbocycles. The van der Waals surface area contributed by atoms with Crippen LogP contribution in [0.5, 0.6) is 5.75 Å². The Balaban J connectivity index is 1.41. The van der Waals surface area contributed by atoms with Crippen LogP contribution in [0.25, 0.3) is 11.3 Å². The maximum atomic E-state index is 12.7. The number of aromatic nitrogens is 3. The minimum absolute atomic E-state index is 0.0226. The first-order valence-corrected chi connectivity index (χ1v) is 12.0. The number of benzene rings is 2. The zero-order valence-electron chi connectivity index (χ0n) is 18.7. The third-order valence-corrected chi connectivity index (χ3v) is 6.28. The summed E-state index contributed by atoms with van der Waals surface area (Å²) < 4.78 is 5.68. The summed E-state index contributed by atoms with van der Waals surface area (Å²) in [4.78, 5) is 27.7. The lowest BCUT2D eigenvalue weighted by Crippen LogP contribution is -2.38. The number of hydrogen-bond donors (Lipinski definition) is 1. The number of H-pyrrole nitrogens is 1. The first kappa shape index (κ1) is 21.9. The predicted molar refractivity (Wildman–Crippen MR) is 133 cm³/mol. The normalized spacial score (nSPS) is 12.7. The molecule has 8 heteroatoms. The van der Waals surface area contributed by atoms with Gasteiger partial charge in [0.1, 0.15) is 5.75 Å². The van der Waals surface area contributed by atoms with E-state index in [0.717, 1.165) is 33.9 Å². The van der Waals surface area contributed by atoms with Crippen LogP contribution in [0.3, 0.4) is 0 Å². The van der Waals surface area contributed by atoms with E-state index in [0.29, 0.717) is 18.2 Å². The topological polar surface area (TPSA) is 81.5 Å². The van der Waals surface area contributed by atoms with Gasteiger partial charge in [-0.15, -0.1) is 11.8 Å². The Hall–Kier alpha value is -3.91. The molecular formula is C26H24N5O2S+. The van der Waals surface area contributed by atoms with Crippen molar-refractivity contribution < 1.29 is 14.5 Å². The van der Waals surface area contributed by atoms with Crippen LogP contribution >= 0.6 is 11.8 Å². The maximum absolute atomic E-state index is 12.7. The number of nitrogens with one attached hydrogen (secondary N) is 2. The third kappa shape index (κ3) is 4.87. The van der Waals surface area contributed by atoms with Crippen molar-refractivity contribution in [3.05, 3.63) is 84.8 Å². The summed E-state index contributed by atoms with van der Waals surface area (Å²) >= 11 is 1.81. The molecular weight excluding hydrogens is 446 g/mol. The Labute approximate surface area is 202 Å². The maximum Gasteiger partial charge on any atom is 0.394 e. The fraction of sp³-hybridized carbons (Fsp3) is 0.154. The number of carbonyl (C=O) groups is 1. The summed E-state index contributed by atoms with van der Waals surface area (Å²) in [5.41, 5.74) is 4.30. The van der Waals surface area contributed by atoms with Gasteiger partial charge in [-0.2, -0.15) is 0 Å². The highest BCUT2D eigenvalue weighted by Gasteiger charge is 2.26. The first-order chi connectivity index (χ1) is 16.7. The summed E-state index contributed by atoms with van der Waals surface area (Å²) in [5, 5.41) is 3.32. The Bertz CT molecular complexity index is 1300. The molecule has 2 aromatic heterocycles. The fourth-order valence-corrected chi connectivity index (χ4v) is 4.42. The van der Waals surface area contributed by atoms with Crippen molar-refractivity contribution >= 4 is 35.0 Å². The van der Waals surface area contributed by atoms with Crippen LogP contribution in [0, 0.1) is 0 Å². The van der Waals surface area contributed by atoms with Gasteiger partial charge in [-0.25, -0.2) is 10.3 Å². The first-order valence-electron chi connectivity index (χ1n) is 11.0. The Morgan fingerprint density at radius 1 is 1.15 bits per heavy atom. The van der Waals surface area contributed by atoms with E-state index in [2.05, 4.69) is 34.3 Å². The number of rotatable bonds is 7. The number of ether oxygens (including phenoxy) is 1. The molecule has 3 heterocycles. The van der Waals surface area contributed by atoms with Crippen molar-refractivity contribution in [2.75, 3.05) is 22.6 Å². The van der Waals surface area contributed by atoms with Crippen LogP contribution < -0.4 is 19.9 Å². The van der Waals surface area contributed by atoms with E-state index in [1.54, 1.807) is 17.3 Å². The SMILES string of the molecule is CCSc1ccc(Nc2nc(-c3ccc4c(c3)N(Cc3cccnc3)C(=O)CO4)cc[nH+]2)cc1. The summed E-state index contributed by atoms with van der Waals surface area (Å²) in [6.45, 7) is 2.60. The Kier molecular flexibility index (Phi) is 6.40. The lowest BCUT2D eigenvalue weighted by atomic mass is 10.1. The molecule has 0 radical (unpaired) electrons. The van der Waals surface area contributed by atoms with Gasteiger partial charge >= 0.3 is 5.95 Å². The molecule has 2 aromatic carbocycles. The molecule has 1 aliphatic rings. The largest absolute Gasteiger partial charge is 0.482 e. The zero-order chi connectivity index (χ0) is 23.3. The van der Waals surface area contributed by atoms with Gasteiger partial charge in [0.2, 0.25) is 0 Å². The van der Waals surface area contributed by atoms with Crippen molar-refractivity contribution in [3.8, 4) is 17.0 Å². The van der Waals surface area contributed by atoms with Crippen molar-refractivity contribution in [3.63, 3.8) is 0 Å². The lowest BCUT2D eigenvalue weighted by molar-refractivity contribution is -0.364. The second-order valence-electron chi connectivity index (χ2n) is 7.72. The van der Waals surface area contributed by atoms with Crippen LogP contribution in [0.4, 0.5) is 17.3 Å². The molecule has 2 N–H and O–H groups in total. The summed E-state index contributed by atoms with van der Waals surface area (Å²) in [6, 6.07) is 19.8. The van der Waals surface area contributed by atoms with Gasteiger partial charge < -0.3 is 9.64 Å². The number of nitrogens with zero attached hydrogens (tertiary/aromatic N) is 3. The van der Waals surface area contributed by atoms with Crippen LogP contribution in [0.15, 0.2) is 84.1 Å². The molecule has 4 aromatic rings. The standard InChI is InChI=1S/C26H23N5O2S/c1-2-34-21-8-6-20(7-9-21)29-26-28-13-11-22(30-26)19-5-10-24-23(14-19)31(25(32)17-33-24)16-18-4-3-12-27-15-18/h3-15H,2,16-17H2,1H3,(H,28,29,30)/p+1. The number of fused-ring (bicyclic) bond motifs is 1. The number of amides is 1. The van der Waals surface area contributed by atoms with Crippen LogP contribution in [0.1, 0.15) is 12.5 Å². The molecule has 0 saturated heterocycles. The number of thioether (sulfide) groups is 1. The molecule has 0 bridgehead atoms. The smallest absolute Gasteiger partial charge is 0.394 e. The number of hydrogen-bond acceptors (Lipinski definition) is 6. The van der Waals surface area contributed by atoms with Crippen LogP contribution in [-0.2, 0) is 11.3 Å². The molecule has 1 aliphatic heterocycles. The average molecular weight is 471 g/mol. The molecule has 7 nitrogen and oxygen atoms in total. The molecule has 34 heavy (non-hydrogen) atoms. The van der Waals surface area contributed by atoms with Crippen molar-refractivity contribution in [2.45, 2.75) is 18.4 Å².